The average molecular weight is 370 g/mol. The SMILES string of the molecule is N=C(ON)c1ccc(C(=O)Nc2ccc3sc(C(=O)NO)cc3c2)cc1. The minimum absolute atomic E-state index is 0.192. The summed E-state index contributed by atoms with van der Waals surface area (Å²) in [5.41, 5.74) is 3.03. The highest BCUT2D eigenvalue weighted by atomic mass is 32.1. The van der Waals surface area contributed by atoms with Crippen molar-refractivity contribution in [2.45, 2.75) is 0 Å². The third-order valence-electron chi connectivity index (χ3n) is 3.63. The number of carbonyl (C=O) groups excluding carboxylic acids is 2. The zero-order valence-electron chi connectivity index (χ0n) is 13.3. The summed E-state index contributed by atoms with van der Waals surface area (Å²) >= 11 is 1.23. The van der Waals surface area contributed by atoms with Crippen LogP contribution in [-0.4, -0.2) is 22.9 Å². The Labute approximate surface area is 151 Å². The molecule has 8 nitrogen and oxygen atoms in total. The highest BCUT2D eigenvalue weighted by Crippen LogP contribution is 2.28. The van der Waals surface area contributed by atoms with Gasteiger partial charge >= 0.3 is 0 Å². The Morgan fingerprint density at radius 3 is 2.38 bits per heavy atom. The van der Waals surface area contributed by atoms with Gasteiger partial charge in [-0.15, -0.1) is 11.3 Å². The molecule has 0 unspecified atom stereocenters. The topological polar surface area (TPSA) is 138 Å². The molecule has 0 aliphatic carbocycles. The molecule has 3 rings (SSSR count). The molecule has 1 aromatic heterocycles. The minimum atomic E-state index is -0.580. The molecular formula is C17H14N4O4S. The number of thiophene rings is 1. The van der Waals surface area contributed by atoms with Gasteiger partial charge in [-0.25, -0.2) is 5.48 Å². The van der Waals surface area contributed by atoms with Crippen LogP contribution < -0.4 is 16.7 Å². The van der Waals surface area contributed by atoms with Crippen molar-refractivity contribution in [3.8, 4) is 0 Å². The van der Waals surface area contributed by atoms with Gasteiger partial charge in [-0.2, -0.15) is 5.90 Å². The lowest BCUT2D eigenvalue weighted by Crippen LogP contribution is -2.16. The number of hydrogen-bond donors (Lipinski definition) is 5. The average Bonchev–Trinajstić information content (AvgIpc) is 3.10. The van der Waals surface area contributed by atoms with Gasteiger partial charge in [0, 0.05) is 21.5 Å². The third kappa shape index (κ3) is 3.54. The molecule has 2 aromatic carbocycles. The number of nitrogens with one attached hydrogen (secondary N) is 3. The molecular weight excluding hydrogens is 356 g/mol. The number of rotatable bonds is 4. The van der Waals surface area contributed by atoms with Crippen LogP contribution in [-0.2, 0) is 4.84 Å². The fourth-order valence-electron chi connectivity index (χ4n) is 2.33. The lowest BCUT2D eigenvalue weighted by Gasteiger charge is -2.06. The lowest BCUT2D eigenvalue weighted by atomic mass is 10.1. The number of carbonyl (C=O) groups is 2. The van der Waals surface area contributed by atoms with Crippen LogP contribution in [0.2, 0.25) is 0 Å². The summed E-state index contributed by atoms with van der Waals surface area (Å²) in [7, 11) is 0. The van der Waals surface area contributed by atoms with E-state index in [0.717, 1.165) is 10.1 Å². The van der Waals surface area contributed by atoms with Crippen molar-refractivity contribution in [2.24, 2.45) is 5.90 Å². The first kappa shape index (κ1) is 17.5. The molecule has 0 atom stereocenters. The van der Waals surface area contributed by atoms with Crippen molar-refractivity contribution in [1.29, 1.82) is 5.41 Å². The van der Waals surface area contributed by atoms with Crippen LogP contribution in [0.25, 0.3) is 10.1 Å². The molecule has 9 heteroatoms. The smallest absolute Gasteiger partial charge is 0.284 e. The molecule has 2 amide bonds. The molecule has 0 aliphatic rings. The van der Waals surface area contributed by atoms with Crippen molar-refractivity contribution < 1.29 is 19.6 Å². The minimum Gasteiger partial charge on any atom is -0.391 e. The van der Waals surface area contributed by atoms with Gasteiger partial charge in [-0.1, -0.05) is 0 Å². The summed E-state index contributed by atoms with van der Waals surface area (Å²) in [5, 5.41) is 19.7. The summed E-state index contributed by atoms with van der Waals surface area (Å²) in [6.07, 6.45) is 0. The van der Waals surface area contributed by atoms with Gasteiger partial charge in [0.15, 0.2) is 0 Å². The third-order valence-corrected chi connectivity index (χ3v) is 4.74. The molecule has 132 valence electrons. The van der Waals surface area contributed by atoms with Crippen LogP contribution in [0.15, 0.2) is 48.5 Å². The predicted molar refractivity (Wildman–Crippen MR) is 97.6 cm³/mol. The van der Waals surface area contributed by atoms with Crippen molar-refractivity contribution in [2.75, 3.05) is 5.32 Å². The lowest BCUT2D eigenvalue weighted by molar-refractivity contribution is 0.0711. The van der Waals surface area contributed by atoms with Crippen LogP contribution in [0.1, 0.15) is 25.6 Å². The summed E-state index contributed by atoms with van der Waals surface area (Å²) in [4.78, 5) is 28.5. The maximum atomic E-state index is 12.3. The van der Waals surface area contributed by atoms with Crippen molar-refractivity contribution >= 4 is 44.8 Å². The fourth-order valence-corrected chi connectivity index (χ4v) is 3.27. The Hall–Kier alpha value is -3.27. The maximum absolute atomic E-state index is 12.3. The summed E-state index contributed by atoms with van der Waals surface area (Å²) in [6.45, 7) is 0. The maximum Gasteiger partial charge on any atom is 0.284 e. The highest BCUT2D eigenvalue weighted by molar-refractivity contribution is 7.20. The number of amides is 2. The zero-order chi connectivity index (χ0) is 18.7. The van der Waals surface area contributed by atoms with Gasteiger partial charge in [0.2, 0.25) is 5.90 Å². The van der Waals surface area contributed by atoms with E-state index >= 15 is 0 Å². The molecule has 0 saturated carbocycles. The van der Waals surface area contributed by atoms with E-state index in [1.807, 2.05) is 0 Å². The largest absolute Gasteiger partial charge is 0.391 e. The quantitative estimate of drug-likeness (QED) is 0.208. The van der Waals surface area contributed by atoms with Crippen LogP contribution >= 0.6 is 11.3 Å². The first-order chi connectivity index (χ1) is 12.5. The summed E-state index contributed by atoms with van der Waals surface area (Å²) in [6, 6.07) is 13.1. The number of fused-ring (bicyclic) bond motifs is 1. The van der Waals surface area contributed by atoms with E-state index in [0.29, 0.717) is 21.7 Å². The zero-order valence-corrected chi connectivity index (χ0v) is 14.1. The molecule has 0 saturated heterocycles. The standard InChI is InChI=1S/C17H14N4O4S/c18-15(25-19)9-1-3-10(4-2-9)16(22)20-12-5-6-13-11(7-12)8-14(26-13)17(23)21-24/h1-8,18,24H,19H2,(H,20,22)(H,21,23). The number of anilines is 1. The van der Waals surface area contributed by atoms with E-state index in [4.69, 9.17) is 16.5 Å². The normalized spacial score (nSPS) is 10.4. The Balaban J connectivity index is 1.78. The molecule has 0 aliphatic heterocycles. The molecule has 0 radical (unpaired) electrons. The number of hydrogen-bond acceptors (Lipinski definition) is 7. The summed E-state index contributed by atoms with van der Waals surface area (Å²) < 4.78 is 0.853. The van der Waals surface area contributed by atoms with E-state index < -0.39 is 5.91 Å². The van der Waals surface area contributed by atoms with Crippen molar-refractivity contribution in [3.63, 3.8) is 0 Å². The first-order valence-electron chi connectivity index (χ1n) is 7.37. The molecule has 26 heavy (non-hydrogen) atoms. The van der Waals surface area contributed by atoms with Crippen LogP contribution in [0.3, 0.4) is 0 Å². The second-order valence-electron chi connectivity index (χ2n) is 5.28. The molecule has 0 fully saturated rings. The summed E-state index contributed by atoms with van der Waals surface area (Å²) in [5.74, 6) is 3.85. The second kappa shape index (κ2) is 7.31. The Kier molecular flexibility index (Phi) is 4.94. The molecule has 0 spiro atoms. The van der Waals surface area contributed by atoms with Gasteiger partial charge in [-0.3, -0.25) is 20.2 Å². The highest BCUT2D eigenvalue weighted by Gasteiger charge is 2.11. The van der Waals surface area contributed by atoms with Gasteiger partial charge in [0.05, 0.1) is 4.88 Å². The van der Waals surface area contributed by atoms with E-state index in [9.17, 15) is 9.59 Å². The fraction of sp³-hybridized carbons (Fsp3) is 0. The Bertz CT molecular complexity index is 998. The Morgan fingerprint density at radius 1 is 1.04 bits per heavy atom. The monoisotopic (exact) mass is 370 g/mol. The molecule has 0 bridgehead atoms. The van der Waals surface area contributed by atoms with E-state index in [1.54, 1.807) is 54.0 Å². The molecule has 6 N–H and O–H groups in total. The van der Waals surface area contributed by atoms with Gasteiger partial charge in [0.25, 0.3) is 11.8 Å². The van der Waals surface area contributed by atoms with E-state index in [1.165, 1.54) is 11.3 Å². The number of benzene rings is 2. The van der Waals surface area contributed by atoms with Crippen LogP contribution in [0.4, 0.5) is 5.69 Å². The number of hydroxylamine groups is 1. The molecule has 1 heterocycles. The Morgan fingerprint density at radius 2 is 1.73 bits per heavy atom. The first-order valence-corrected chi connectivity index (χ1v) is 8.18. The van der Waals surface area contributed by atoms with Gasteiger partial charge in [-0.05, 0) is 53.9 Å². The number of nitrogens with two attached hydrogens (primary N) is 1. The van der Waals surface area contributed by atoms with E-state index in [2.05, 4.69) is 10.2 Å². The van der Waals surface area contributed by atoms with Crippen molar-refractivity contribution in [3.05, 3.63) is 64.5 Å². The van der Waals surface area contributed by atoms with Crippen LogP contribution in [0, 0.1) is 5.41 Å². The second-order valence-corrected chi connectivity index (χ2v) is 6.37. The van der Waals surface area contributed by atoms with Crippen molar-refractivity contribution in [1.82, 2.24) is 5.48 Å². The molecule has 3 aromatic rings. The van der Waals surface area contributed by atoms with Gasteiger partial charge in [0.1, 0.15) is 0 Å². The van der Waals surface area contributed by atoms with Gasteiger partial charge < -0.3 is 10.2 Å². The van der Waals surface area contributed by atoms with E-state index in [-0.39, 0.29) is 11.8 Å². The predicted octanol–water partition coefficient (Wildman–Crippen LogP) is 2.49. The van der Waals surface area contributed by atoms with Crippen LogP contribution in [0.5, 0.6) is 0 Å².